The molecule has 2 aromatic rings. The minimum absolute atomic E-state index is 0.0317. The van der Waals surface area contributed by atoms with Gasteiger partial charge in [0.25, 0.3) is 0 Å². The van der Waals surface area contributed by atoms with Gasteiger partial charge in [0, 0.05) is 29.4 Å². The molecule has 4 heteroatoms. The Balaban J connectivity index is 2.02. The molecular weight excluding hydrogens is 252 g/mol. The molecule has 1 aliphatic rings. The van der Waals surface area contributed by atoms with Crippen LogP contribution in [0.25, 0.3) is 0 Å². The van der Waals surface area contributed by atoms with E-state index in [9.17, 15) is 4.79 Å². The van der Waals surface area contributed by atoms with Crippen molar-refractivity contribution in [2.24, 2.45) is 5.41 Å². The quantitative estimate of drug-likeness (QED) is 0.842. The summed E-state index contributed by atoms with van der Waals surface area (Å²) < 4.78 is 7.50. The number of rotatable bonds is 2. The fraction of sp³-hybridized carbons (Fsp3) is 0.500. The number of hydrogen-bond acceptors (Lipinski definition) is 3. The fourth-order valence-electron chi connectivity index (χ4n) is 3.07. The first-order chi connectivity index (χ1) is 9.35. The molecule has 0 radical (unpaired) electrons. The molecule has 0 aromatic carbocycles. The van der Waals surface area contributed by atoms with Crippen molar-refractivity contribution < 1.29 is 9.32 Å². The minimum Gasteiger partial charge on any atom is -0.359 e. The van der Waals surface area contributed by atoms with Gasteiger partial charge in [-0.15, -0.1) is 0 Å². The maximum atomic E-state index is 12.3. The zero-order valence-corrected chi connectivity index (χ0v) is 12.5. The van der Waals surface area contributed by atoms with Gasteiger partial charge in [-0.25, -0.2) is 0 Å². The number of hydrogen-bond donors (Lipinski definition) is 0. The Hall–Kier alpha value is -1.84. The Morgan fingerprint density at radius 1 is 1.30 bits per heavy atom. The van der Waals surface area contributed by atoms with Crippen molar-refractivity contribution in [1.29, 1.82) is 0 Å². The van der Waals surface area contributed by atoms with Crippen molar-refractivity contribution >= 4 is 5.78 Å². The van der Waals surface area contributed by atoms with Gasteiger partial charge < -0.3 is 9.09 Å². The Kier molecular flexibility index (Phi) is 2.85. The van der Waals surface area contributed by atoms with Crippen molar-refractivity contribution in [3.63, 3.8) is 0 Å². The van der Waals surface area contributed by atoms with Crippen LogP contribution in [0.3, 0.4) is 0 Å². The van der Waals surface area contributed by atoms with Crippen LogP contribution in [0.4, 0.5) is 0 Å². The van der Waals surface area contributed by atoms with Crippen LogP contribution in [0.1, 0.15) is 53.5 Å². The van der Waals surface area contributed by atoms with Gasteiger partial charge >= 0.3 is 0 Å². The molecule has 0 atom stereocenters. The lowest BCUT2D eigenvalue weighted by atomic mass is 9.76. The molecular formula is C16H20N2O2. The highest BCUT2D eigenvalue weighted by atomic mass is 16.5. The van der Waals surface area contributed by atoms with E-state index in [2.05, 4.69) is 23.6 Å². The van der Waals surface area contributed by atoms with E-state index in [0.717, 1.165) is 34.8 Å². The van der Waals surface area contributed by atoms with Gasteiger partial charge in [-0.1, -0.05) is 19.0 Å². The third-order valence-electron chi connectivity index (χ3n) is 3.99. The van der Waals surface area contributed by atoms with Gasteiger partial charge in [0.05, 0.1) is 12.2 Å². The van der Waals surface area contributed by atoms with E-state index in [-0.39, 0.29) is 11.2 Å². The minimum atomic E-state index is 0.0317. The van der Waals surface area contributed by atoms with E-state index in [1.807, 2.05) is 26.0 Å². The molecule has 3 rings (SSSR count). The molecule has 0 fully saturated rings. The van der Waals surface area contributed by atoms with Crippen LogP contribution in [-0.2, 0) is 13.0 Å². The molecule has 0 N–H and O–H groups in total. The average Bonchev–Trinajstić information content (AvgIpc) is 2.86. The number of carbonyl (C=O) groups excluding carboxylic acids is 1. The van der Waals surface area contributed by atoms with Gasteiger partial charge in [0.1, 0.15) is 0 Å². The highest BCUT2D eigenvalue weighted by Gasteiger charge is 2.33. The van der Waals surface area contributed by atoms with Gasteiger partial charge in [-0.2, -0.15) is 0 Å². The predicted octanol–water partition coefficient (Wildman–Crippen LogP) is 3.30. The Morgan fingerprint density at radius 2 is 2.05 bits per heavy atom. The van der Waals surface area contributed by atoms with Crippen LogP contribution in [0, 0.1) is 19.3 Å². The molecule has 2 aromatic heterocycles. The molecule has 4 nitrogen and oxygen atoms in total. The summed E-state index contributed by atoms with van der Waals surface area (Å²) in [6, 6.07) is 3.96. The molecule has 0 saturated heterocycles. The van der Waals surface area contributed by atoms with Crippen LogP contribution in [0.2, 0.25) is 0 Å². The number of aryl methyl sites for hydroxylation is 2. The van der Waals surface area contributed by atoms with E-state index < -0.39 is 0 Å². The van der Waals surface area contributed by atoms with Crippen LogP contribution in [0.5, 0.6) is 0 Å². The van der Waals surface area contributed by atoms with Crippen molar-refractivity contribution in [2.45, 2.75) is 47.1 Å². The van der Waals surface area contributed by atoms with Crippen LogP contribution < -0.4 is 0 Å². The highest BCUT2D eigenvalue weighted by Crippen LogP contribution is 2.36. The van der Waals surface area contributed by atoms with Gasteiger partial charge in [-0.3, -0.25) is 4.79 Å². The molecule has 1 aliphatic carbocycles. The third kappa shape index (κ3) is 2.19. The normalized spacial score (nSPS) is 17.3. The average molecular weight is 272 g/mol. The van der Waals surface area contributed by atoms with Crippen molar-refractivity contribution in [2.75, 3.05) is 0 Å². The first-order valence-electron chi connectivity index (χ1n) is 7.00. The van der Waals surface area contributed by atoms with E-state index in [0.29, 0.717) is 13.0 Å². The largest absolute Gasteiger partial charge is 0.359 e. The van der Waals surface area contributed by atoms with Crippen molar-refractivity contribution in [1.82, 2.24) is 9.72 Å². The van der Waals surface area contributed by atoms with E-state index in [4.69, 9.17) is 4.52 Å². The van der Waals surface area contributed by atoms with E-state index in [1.165, 1.54) is 0 Å². The van der Waals surface area contributed by atoms with Gasteiger partial charge in [0.15, 0.2) is 11.5 Å². The number of aromatic nitrogens is 2. The molecule has 0 amide bonds. The number of fused-ring (bicyclic) bond motifs is 1. The Bertz CT molecular complexity index is 677. The van der Waals surface area contributed by atoms with E-state index >= 15 is 0 Å². The lowest BCUT2D eigenvalue weighted by Gasteiger charge is -2.29. The maximum absolute atomic E-state index is 12.3. The Labute approximate surface area is 118 Å². The van der Waals surface area contributed by atoms with Crippen LogP contribution in [-0.4, -0.2) is 15.5 Å². The molecule has 106 valence electrons. The Morgan fingerprint density at radius 3 is 2.70 bits per heavy atom. The predicted molar refractivity (Wildman–Crippen MR) is 75.9 cm³/mol. The topological polar surface area (TPSA) is 48.0 Å². The molecule has 0 aliphatic heterocycles. The SMILES string of the molecule is Cc1cc(Cn2c(C)cc3c2CC(C)(C)CC3=O)on1. The highest BCUT2D eigenvalue weighted by molar-refractivity contribution is 5.99. The van der Waals surface area contributed by atoms with Crippen LogP contribution in [0.15, 0.2) is 16.7 Å². The number of nitrogens with zero attached hydrogens (tertiary/aromatic N) is 2. The van der Waals surface area contributed by atoms with Crippen LogP contribution >= 0.6 is 0 Å². The second-order valence-corrected chi connectivity index (χ2v) is 6.61. The van der Waals surface area contributed by atoms with Crippen molar-refractivity contribution in [3.8, 4) is 0 Å². The summed E-state index contributed by atoms with van der Waals surface area (Å²) in [6.07, 6.45) is 1.56. The lowest BCUT2D eigenvalue weighted by molar-refractivity contribution is 0.0910. The lowest BCUT2D eigenvalue weighted by Crippen LogP contribution is -2.28. The number of Topliss-reactive ketones (excluding diaryl/α,β-unsaturated/α-hetero) is 1. The first-order valence-corrected chi connectivity index (χ1v) is 7.00. The number of carbonyl (C=O) groups is 1. The molecule has 2 heterocycles. The first kappa shape index (κ1) is 13.2. The summed E-state index contributed by atoms with van der Waals surface area (Å²) in [4.78, 5) is 12.3. The summed E-state index contributed by atoms with van der Waals surface area (Å²) in [6.45, 7) is 8.91. The van der Waals surface area contributed by atoms with E-state index in [1.54, 1.807) is 0 Å². The smallest absolute Gasteiger partial charge is 0.165 e. The molecule has 20 heavy (non-hydrogen) atoms. The maximum Gasteiger partial charge on any atom is 0.165 e. The summed E-state index contributed by atoms with van der Waals surface area (Å²) in [5.74, 6) is 1.09. The summed E-state index contributed by atoms with van der Waals surface area (Å²) in [5.41, 5.74) is 4.05. The molecule has 0 saturated carbocycles. The number of ketones is 1. The van der Waals surface area contributed by atoms with Crippen molar-refractivity contribution in [3.05, 3.63) is 40.5 Å². The second kappa shape index (κ2) is 4.33. The molecule has 0 spiro atoms. The molecule has 0 bridgehead atoms. The summed E-state index contributed by atoms with van der Waals surface area (Å²) >= 11 is 0. The monoisotopic (exact) mass is 272 g/mol. The second-order valence-electron chi connectivity index (χ2n) is 6.61. The summed E-state index contributed by atoms with van der Waals surface area (Å²) in [7, 11) is 0. The summed E-state index contributed by atoms with van der Waals surface area (Å²) in [5, 5.41) is 3.93. The standard InChI is InChI=1S/C16H20N2O2/c1-10-5-12(20-17-10)9-18-11(2)6-13-14(18)7-16(3,4)8-15(13)19/h5-6H,7-9H2,1-4H3. The van der Waals surface area contributed by atoms with Gasteiger partial charge in [-0.05, 0) is 31.7 Å². The third-order valence-corrected chi connectivity index (χ3v) is 3.99. The molecule has 0 unspecified atom stereocenters. The zero-order valence-electron chi connectivity index (χ0n) is 12.5. The zero-order chi connectivity index (χ0) is 14.5. The van der Waals surface area contributed by atoms with Gasteiger partial charge in [0.2, 0.25) is 0 Å². The fourth-order valence-corrected chi connectivity index (χ4v) is 3.07.